The maximum Gasteiger partial charge on any atom is 0.0838 e. The number of hydrogen-bond acceptors (Lipinski definition) is 2. The van der Waals surface area contributed by atoms with Gasteiger partial charge in [0.15, 0.2) is 0 Å². The van der Waals surface area contributed by atoms with Gasteiger partial charge in [0.05, 0.1) is 11.9 Å². The normalized spacial score (nSPS) is 13.5. The van der Waals surface area contributed by atoms with Gasteiger partial charge in [-0.2, -0.15) is 0 Å². The molecule has 0 aliphatic carbocycles. The lowest BCUT2D eigenvalue weighted by Crippen LogP contribution is -1.87. The molecular weight excluding hydrogens is 160 g/mol. The maximum absolute atomic E-state index is 4.28. The van der Waals surface area contributed by atoms with Crippen molar-refractivity contribution in [3.8, 4) is 0 Å². The van der Waals surface area contributed by atoms with Gasteiger partial charge in [-0.25, -0.2) is 0 Å². The first-order valence-electron chi connectivity index (χ1n) is 4.13. The van der Waals surface area contributed by atoms with Crippen molar-refractivity contribution < 1.29 is 0 Å². The van der Waals surface area contributed by atoms with E-state index < -0.39 is 0 Å². The van der Waals surface area contributed by atoms with Gasteiger partial charge in [-0.05, 0) is 32.4 Å². The molecule has 0 atom stereocenters. The molecule has 0 N–H and O–H groups in total. The molecule has 2 heteroatoms. The lowest BCUT2D eigenvalue weighted by atomic mass is 10.2. The highest BCUT2D eigenvalue weighted by molar-refractivity contribution is 5.93. The van der Waals surface area contributed by atoms with Gasteiger partial charge in [-0.15, -0.1) is 0 Å². The Morgan fingerprint density at radius 2 is 1.92 bits per heavy atom. The standard InChI is InChI=1S/C11H16N2/c1-6-10(5)13-11(9(3)4)8-12-7-2/h6-8H,1,3H2,2,4-5H3/b11-8+,12-7?,13-10?. The highest BCUT2D eigenvalue weighted by atomic mass is 14.8. The Kier molecular flexibility index (Phi) is 5.44. The number of rotatable bonds is 4. The summed E-state index contributed by atoms with van der Waals surface area (Å²) in [6, 6.07) is 0. The zero-order valence-electron chi connectivity index (χ0n) is 8.54. The third-order valence-corrected chi connectivity index (χ3v) is 1.38. The van der Waals surface area contributed by atoms with Crippen molar-refractivity contribution in [1.29, 1.82) is 0 Å². The summed E-state index contributed by atoms with van der Waals surface area (Å²) < 4.78 is 0. The first-order valence-corrected chi connectivity index (χ1v) is 4.13. The summed E-state index contributed by atoms with van der Waals surface area (Å²) in [4.78, 5) is 8.27. The zero-order valence-corrected chi connectivity index (χ0v) is 8.54. The van der Waals surface area contributed by atoms with Crippen LogP contribution >= 0.6 is 0 Å². The average molecular weight is 176 g/mol. The van der Waals surface area contributed by atoms with Crippen LogP contribution in [0.4, 0.5) is 0 Å². The van der Waals surface area contributed by atoms with Crippen LogP contribution in [-0.2, 0) is 0 Å². The van der Waals surface area contributed by atoms with E-state index in [0.717, 1.165) is 17.0 Å². The van der Waals surface area contributed by atoms with E-state index in [1.165, 1.54) is 0 Å². The van der Waals surface area contributed by atoms with E-state index >= 15 is 0 Å². The topological polar surface area (TPSA) is 24.7 Å². The van der Waals surface area contributed by atoms with Gasteiger partial charge in [0.2, 0.25) is 0 Å². The lowest BCUT2D eigenvalue weighted by Gasteiger charge is -1.99. The molecule has 2 nitrogen and oxygen atoms in total. The lowest BCUT2D eigenvalue weighted by molar-refractivity contribution is 1.26. The molecule has 0 heterocycles. The van der Waals surface area contributed by atoms with Crippen molar-refractivity contribution >= 4 is 11.9 Å². The van der Waals surface area contributed by atoms with Gasteiger partial charge in [0.1, 0.15) is 0 Å². The third kappa shape index (κ3) is 4.90. The monoisotopic (exact) mass is 176 g/mol. The zero-order chi connectivity index (χ0) is 10.3. The van der Waals surface area contributed by atoms with Crippen LogP contribution in [0.3, 0.4) is 0 Å². The van der Waals surface area contributed by atoms with Crippen molar-refractivity contribution in [3.05, 3.63) is 36.7 Å². The predicted octanol–water partition coefficient (Wildman–Crippen LogP) is 3.14. The van der Waals surface area contributed by atoms with Crippen LogP contribution < -0.4 is 0 Å². The molecule has 0 fully saturated rings. The molecule has 0 bridgehead atoms. The van der Waals surface area contributed by atoms with Crippen LogP contribution in [0.15, 0.2) is 46.7 Å². The van der Waals surface area contributed by atoms with E-state index in [1.54, 1.807) is 18.5 Å². The summed E-state index contributed by atoms with van der Waals surface area (Å²) in [6.07, 6.45) is 5.10. The van der Waals surface area contributed by atoms with E-state index in [4.69, 9.17) is 0 Å². The van der Waals surface area contributed by atoms with Crippen LogP contribution in [0.5, 0.6) is 0 Å². The minimum Gasteiger partial charge on any atom is -0.267 e. The molecule has 0 aromatic rings. The fraction of sp³-hybridized carbons (Fsp3) is 0.273. The number of aliphatic imine (C=N–C) groups is 2. The molecule has 0 spiro atoms. The minimum absolute atomic E-state index is 0.788. The smallest absolute Gasteiger partial charge is 0.0838 e. The number of hydrogen-bond donors (Lipinski definition) is 0. The molecule has 0 amide bonds. The Bertz CT molecular complexity index is 280. The van der Waals surface area contributed by atoms with Gasteiger partial charge in [0, 0.05) is 11.9 Å². The first kappa shape index (κ1) is 11.6. The van der Waals surface area contributed by atoms with E-state index in [-0.39, 0.29) is 0 Å². The second kappa shape index (κ2) is 6.12. The van der Waals surface area contributed by atoms with Gasteiger partial charge >= 0.3 is 0 Å². The van der Waals surface area contributed by atoms with Gasteiger partial charge < -0.3 is 0 Å². The Balaban J connectivity index is 4.83. The van der Waals surface area contributed by atoms with E-state index in [0.29, 0.717) is 0 Å². The Morgan fingerprint density at radius 3 is 2.31 bits per heavy atom. The quantitative estimate of drug-likeness (QED) is 0.464. The molecule has 0 rings (SSSR count). The first-order chi connectivity index (χ1) is 6.11. The third-order valence-electron chi connectivity index (χ3n) is 1.38. The maximum atomic E-state index is 4.28. The van der Waals surface area contributed by atoms with Crippen LogP contribution in [0.1, 0.15) is 20.8 Å². The predicted molar refractivity (Wildman–Crippen MR) is 60.4 cm³/mol. The van der Waals surface area contributed by atoms with E-state index in [9.17, 15) is 0 Å². The fourth-order valence-corrected chi connectivity index (χ4v) is 0.615. The summed E-state index contributed by atoms with van der Waals surface area (Å²) in [5, 5.41) is 0. The van der Waals surface area contributed by atoms with Crippen molar-refractivity contribution in [2.45, 2.75) is 20.8 Å². The van der Waals surface area contributed by atoms with Crippen molar-refractivity contribution in [2.75, 3.05) is 0 Å². The van der Waals surface area contributed by atoms with Crippen molar-refractivity contribution in [2.24, 2.45) is 9.98 Å². The molecule has 13 heavy (non-hydrogen) atoms. The molecule has 0 aliphatic heterocycles. The second-order valence-corrected chi connectivity index (χ2v) is 2.66. The highest BCUT2D eigenvalue weighted by Gasteiger charge is 1.94. The summed E-state index contributed by atoms with van der Waals surface area (Å²) in [7, 11) is 0. The molecule has 0 aromatic heterocycles. The van der Waals surface area contributed by atoms with Gasteiger partial charge in [-0.3, -0.25) is 9.98 Å². The van der Waals surface area contributed by atoms with Crippen LogP contribution in [-0.4, -0.2) is 11.9 Å². The summed E-state index contributed by atoms with van der Waals surface area (Å²) in [6.45, 7) is 13.1. The summed E-state index contributed by atoms with van der Waals surface area (Å²) in [5.41, 5.74) is 2.54. The molecule has 0 saturated carbocycles. The van der Waals surface area contributed by atoms with E-state index in [1.807, 2.05) is 20.8 Å². The van der Waals surface area contributed by atoms with Gasteiger partial charge in [-0.1, -0.05) is 13.2 Å². The molecule has 0 aliphatic rings. The van der Waals surface area contributed by atoms with Crippen molar-refractivity contribution in [3.63, 3.8) is 0 Å². The van der Waals surface area contributed by atoms with Crippen LogP contribution in [0.2, 0.25) is 0 Å². The van der Waals surface area contributed by atoms with Crippen LogP contribution in [0, 0.1) is 0 Å². The molecule has 70 valence electrons. The largest absolute Gasteiger partial charge is 0.267 e. The SMILES string of the molecule is C=CC(C)=N/C(=C/N=CC)C(=C)C. The highest BCUT2D eigenvalue weighted by Crippen LogP contribution is 2.08. The van der Waals surface area contributed by atoms with Crippen LogP contribution in [0.25, 0.3) is 0 Å². The average Bonchev–Trinajstić information content (AvgIpc) is 2.11. The molecule has 0 radical (unpaired) electrons. The van der Waals surface area contributed by atoms with E-state index in [2.05, 4.69) is 23.1 Å². The summed E-state index contributed by atoms with van der Waals surface area (Å²) >= 11 is 0. The summed E-state index contributed by atoms with van der Waals surface area (Å²) in [5.74, 6) is 0. The Hall–Kier alpha value is -1.44. The number of nitrogens with zero attached hydrogens (tertiary/aromatic N) is 2. The molecule has 0 saturated heterocycles. The Morgan fingerprint density at radius 1 is 1.31 bits per heavy atom. The molecule has 0 aromatic carbocycles. The van der Waals surface area contributed by atoms with Crippen molar-refractivity contribution in [1.82, 2.24) is 0 Å². The molecule has 0 unspecified atom stereocenters. The molecular formula is C11H16N2. The fourth-order valence-electron chi connectivity index (χ4n) is 0.615. The Labute approximate surface area is 80.1 Å². The number of allylic oxidation sites excluding steroid dienone is 2. The van der Waals surface area contributed by atoms with Gasteiger partial charge in [0.25, 0.3) is 0 Å². The minimum atomic E-state index is 0.788. The second-order valence-electron chi connectivity index (χ2n) is 2.66.